The number of rotatable bonds is 5. The Morgan fingerprint density at radius 1 is 1.54 bits per heavy atom. The smallest absolute Gasteiger partial charge is 0.312 e. The second-order valence-electron chi connectivity index (χ2n) is 2.78. The van der Waals surface area contributed by atoms with E-state index in [2.05, 4.69) is 5.32 Å². The van der Waals surface area contributed by atoms with Crippen LogP contribution in [0, 0.1) is 0 Å². The molecule has 0 aliphatic heterocycles. The molecule has 0 saturated heterocycles. The van der Waals surface area contributed by atoms with Gasteiger partial charge in [-0.3, -0.25) is 13.8 Å². The van der Waals surface area contributed by atoms with Gasteiger partial charge < -0.3 is 10.4 Å². The molecule has 0 rings (SSSR count). The summed E-state index contributed by atoms with van der Waals surface area (Å²) < 4.78 is 10.7. The maximum absolute atomic E-state index is 10.9. The summed E-state index contributed by atoms with van der Waals surface area (Å²) in [6.45, 7) is 1.68. The molecule has 0 radical (unpaired) electrons. The first kappa shape index (κ1) is 12.1. The highest BCUT2D eigenvalue weighted by atomic mass is 32.2. The van der Waals surface area contributed by atoms with E-state index in [9.17, 15) is 13.8 Å². The lowest BCUT2D eigenvalue weighted by molar-refractivity contribution is -0.140. The second kappa shape index (κ2) is 5.69. The molecule has 0 saturated carbocycles. The first-order valence-electron chi connectivity index (χ1n) is 3.73. The van der Waals surface area contributed by atoms with Crippen molar-refractivity contribution in [3.63, 3.8) is 0 Å². The lowest BCUT2D eigenvalue weighted by atomic mass is 10.3. The van der Waals surface area contributed by atoms with Crippen molar-refractivity contribution >= 4 is 22.7 Å². The minimum absolute atomic E-state index is 0.252. The Balaban J connectivity index is 3.78. The van der Waals surface area contributed by atoms with E-state index in [1.165, 1.54) is 6.26 Å². The zero-order valence-corrected chi connectivity index (χ0v) is 8.39. The number of hydrogen-bond acceptors (Lipinski definition) is 3. The molecule has 0 aromatic rings. The lowest BCUT2D eigenvalue weighted by Crippen LogP contribution is -2.37. The molecule has 0 fully saturated rings. The van der Waals surface area contributed by atoms with Gasteiger partial charge in [-0.25, -0.2) is 0 Å². The number of amides is 1. The summed E-state index contributed by atoms with van der Waals surface area (Å²) in [5, 5.41) is 10.7. The number of aliphatic carboxylic acids is 1. The van der Waals surface area contributed by atoms with Crippen molar-refractivity contribution in [2.75, 3.05) is 12.0 Å². The van der Waals surface area contributed by atoms with Gasteiger partial charge in [0.25, 0.3) is 0 Å². The molecule has 6 heteroatoms. The number of carbonyl (C=O) groups excluding carboxylic acids is 1. The van der Waals surface area contributed by atoms with Crippen molar-refractivity contribution in [1.82, 2.24) is 5.32 Å². The number of hydrogen-bond donors (Lipinski definition) is 2. The largest absolute Gasteiger partial charge is 0.481 e. The molecule has 0 aliphatic rings. The van der Waals surface area contributed by atoms with Crippen LogP contribution < -0.4 is 5.32 Å². The number of carbonyl (C=O) groups is 2. The van der Waals surface area contributed by atoms with Gasteiger partial charge in [-0.05, 0) is 6.92 Å². The van der Waals surface area contributed by atoms with Crippen LogP contribution in [-0.2, 0) is 20.4 Å². The number of nitrogens with one attached hydrogen (secondary N) is 1. The molecule has 2 atom stereocenters. The first-order chi connectivity index (χ1) is 5.91. The van der Waals surface area contributed by atoms with Crippen LogP contribution in [0.2, 0.25) is 0 Å². The molecule has 0 aromatic heterocycles. The summed E-state index contributed by atoms with van der Waals surface area (Å²) in [4.78, 5) is 20.9. The van der Waals surface area contributed by atoms with Crippen LogP contribution in [0.4, 0.5) is 0 Å². The van der Waals surface area contributed by atoms with E-state index in [4.69, 9.17) is 5.11 Å². The minimum Gasteiger partial charge on any atom is -0.481 e. The molecular weight excluding hydrogens is 194 g/mol. The van der Waals surface area contributed by atoms with Crippen LogP contribution in [0.1, 0.15) is 13.3 Å². The Labute approximate surface area is 79.0 Å². The van der Waals surface area contributed by atoms with Gasteiger partial charge in [-0.2, -0.15) is 0 Å². The molecule has 1 amide bonds. The molecule has 13 heavy (non-hydrogen) atoms. The average molecular weight is 207 g/mol. The predicted octanol–water partition coefficient (Wildman–Crippen LogP) is -0.656. The SMILES string of the molecule is CC(CS(C)=O)NC(=O)CC(=O)O. The molecule has 0 bridgehead atoms. The van der Waals surface area contributed by atoms with E-state index < -0.39 is 29.1 Å². The van der Waals surface area contributed by atoms with Crippen molar-refractivity contribution in [2.45, 2.75) is 19.4 Å². The van der Waals surface area contributed by atoms with Crippen molar-refractivity contribution < 1.29 is 18.9 Å². The Morgan fingerprint density at radius 2 is 2.08 bits per heavy atom. The highest BCUT2D eigenvalue weighted by molar-refractivity contribution is 7.84. The Hall–Kier alpha value is -0.910. The molecule has 2 N–H and O–H groups in total. The van der Waals surface area contributed by atoms with Crippen LogP contribution in [0.3, 0.4) is 0 Å². The van der Waals surface area contributed by atoms with E-state index in [-0.39, 0.29) is 6.04 Å². The predicted molar refractivity (Wildman–Crippen MR) is 48.8 cm³/mol. The van der Waals surface area contributed by atoms with Crippen molar-refractivity contribution in [3.05, 3.63) is 0 Å². The summed E-state index contributed by atoms with van der Waals surface area (Å²) in [7, 11) is -0.987. The molecular formula is C7H13NO4S. The third-order valence-corrected chi connectivity index (χ3v) is 2.17. The monoisotopic (exact) mass is 207 g/mol. The van der Waals surface area contributed by atoms with Gasteiger partial charge in [0.05, 0.1) is 0 Å². The fourth-order valence-corrected chi connectivity index (χ4v) is 1.64. The fraction of sp³-hybridized carbons (Fsp3) is 0.714. The van der Waals surface area contributed by atoms with Gasteiger partial charge >= 0.3 is 5.97 Å². The van der Waals surface area contributed by atoms with Gasteiger partial charge in [0.15, 0.2) is 0 Å². The van der Waals surface area contributed by atoms with Crippen molar-refractivity contribution in [3.8, 4) is 0 Å². The Bertz CT molecular complexity index is 229. The zero-order valence-electron chi connectivity index (χ0n) is 7.57. The van der Waals surface area contributed by atoms with E-state index >= 15 is 0 Å². The minimum atomic E-state index is -1.16. The van der Waals surface area contributed by atoms with Crippen molar-refractivity contribution in [2.24, 2.45) is 0 Å². The molecule has 2 unspecified atom stereocenters. The lowest BCUT2D eigenvalue weighted by Gasteiger charge is -2.10. The first-order valence-corrected chi connectivity index (χ1v) is 5.45. The van der Waals surface area contributed by atoms with E-state index in [1.54, 1.807) is 6.92 Å². The third kappa shape index (κ3) is 7.45. The summed E-state index contributed by atoms with van der Waals surface area (Å²) in [6.07, 6.45) is 0.987. The maximum Gasteiger partial charge on any atom is 0.312 e. The number of carboxylic acids is 1. The summed E-state index contributed by atoms with van der Waals surface area (Å²) in [6, 6.07) is -0.252. The van der Waals surface area contributed by atoms with Crippen LogP contribution >= 0.6 is 0 Å². The highest BCUT2D eigenvalue weighted by Crippen LogP contribution is 1.88. The summed E-state index contributed by atoms with van der Waals surface area (Å²) >= 11 is 0. The number of carboxylic acid groups (broad SMARTS) is 1. The van der Waals surface area contributed by atoms with Crippen LogP contribution in [0.5, 0.6) is 0 Å². The average Bonchev–Trinajstić information content (AvgIpc) is 1.80. The van der Waals surface area contributed by atoms with Crippen LogP contribution in [0.25, 0.3) is 0 Å². The molecule has 76 valence electrons. The fourth-order valence-electron chi connectivity index (χ4n) is 0.857. The van der Waals surface area contributed by atoms with Gasteiger partial charge in [0, 0.05) is 28.9 Å². The Kier molecular flexibility index (Phi) is 5.29. The van der Waals surface area contributed by atoms with Crippen molar-refractivity contribution in [1.29, 1.82) is 0 Å². The van der Waals surface area contributed by atoms with E-state index in [1.807, 2.05) is 0 Å². The van der Waals surface area contributed by atoms with Gasteiger partial charge in [0.2, 0.25) is 5.91 Å². The Morgan fingerprint density at radius 3 is 2.46 bits per heavy atom. The molecule has 0 heterocycles. The maximum atomic E-state index is 10.9. The van der Waals surface area contributed by atoms with Gasteiger partial charge in [-0.1, -0.05) is 0 Å². The molecule has 0 aromatic carbocycles. The topological polar surface area (TPSA) is 83.5 Å². The van der Waals surface area contributed by atoms with Gasteiger partial charge in [0.1, 0.15) is 6.42 Å². The normalized spacial score (nSPS) is 14.6. The van der Waals surface area contributed by atoms with E-state index in [0.29, 0.717) is 5.75 Å². The van der Waals surface area contributed by atoms with Crippen LogP contribution in [0.15, 0.2) is 0 Å². The molecule has 0 aliphatic carbocycles. The van der Waals surface area contributed by atoms with Crippen LogP contribution in [-0.4, -0.2) is 39.2 Å². The van der Waals surface area contributed by atoms with Gasteiger partial charge in [-0.15, -0.1) is 0 Å². The van der Waals surface area contributed by atoms with E-state index in [0.717, 1.165) is 0 Å². The third-order valence-electron chi connectivity index (χ3n) is 1.20. The standard InChI is InChI=1S/C7H13NO4S/c1-5(4-13(2)12)8-6(9)3-7(10)11/h5H,3-4H2,1-2H3,(H,8,9)(H,10,11). The molecule has 5 nitrogen and oxygen atoms in total. The quantitative estimate of drug-likeness (QED) is 0.586. The summed E-state index contributed by atoms with van der Waals surface area (Å²) in [5.74, 6) is -1.38. The molecule has 0 spiro atoms. The summed E-state index contributed by atoms with van der Waals surface area (Å²) in [5.41, 5.74) is 0. The highest BCUT2D eigenvalue weighted by Gasteiger charge is 2.11. The zero-order chi connectivity index (χ0) is 10.4. The second-order valence-corrected chi connectivity index (χ2v) is 4.26.